The van der Waals surface area contributed by atoms with Crippen LogP contribution >= 0.6 is 0 Å². The summed E-state index contributed by atoms with van der Waals surface area (Å²) in [5.41, 5.74) is 4.41. The standard InChI is InChI=1S/C28H26FN9O3S/c1-30-28(39)20-6-4-17(10-22(20)29)18-5-7-26-32-15-27(37(26)16-18)42(40,41)38-25-11-19(12-31-24(25)14-34-38)21-13-33-35-23(21)8-9-36(2)3/h4-7,10-16H,8-9H2,1-3H3,(H,30,39)(H,33,35). The van der Waals surface area contributed by atoms with Crippen molar-refractivity contribution >= 4 is 32.6 Å². The number of hydrogen-bond donors (Lipinski definition) is 2. The highest BCUT2D eigenvalue weighted by molar-refractivity contribution is 7.90. The van der Waals surface area contributed by atoms with E-state index in [0.717, 1.165) is 28.3 Å². The van der Waals surface area contributed by atoms with Gasteiger partial charge in [0.15, 0.2) is 5.03 Å². The van der Waals surface area contributed by atoms with E-state index < -0.39 is 21.7 Å². The van der Waals surface area contributed by atoms with E-state index in [9.17, 15) is 17.6 Å². The number of nitrogens with zero attached hydrogens (tertiary/aromatic N) is 7. The van der Waals surface area contributed by atoms with Crippen LogP contribution in [-0.4, -0.2) is 80.7 Å². The normalized spacial score (nSPS) is 12.0. The Morgan fingerprint density at radius 1 is 1.02 bits per heavy atom. The van der Waals surface area contributed by atoms with Crippen LogP contribution < -0.4 is 5.32 Å². The molecule has 0 atom stereocenters. The van der Waals surface area contributed by atoms with Gasteiger partial charge in [-0.05, 0) is 55.6 Å². The minimum absolute atomic E-state index is 0.0907. The summed E-state index contributed by atoms with van der Waals surface area (Å²) in [7, 11) is 1.15. The van der Waals surface area contributed by atoms with Crippen molar-refractivity contribution in [1.29, 1.82) is 0 Å². The molecule has 0 saturated heterocycles. The third-order valence-corrected chi connectivity index (χ3v) is 8.54. The van der Waals surface area contributed by atoms with E-state index in [-0.39, 0.29) is 10.6 Å². The van der Waals surface area contributed by atoms with Crippen molar-refractivity contribution in [2.75, 3.05) is 27.7 Å². The van der Waals surface area contributed by atoms with E-state index >= 15 is 0 Å². The van der Waals surface area contributed by atoms with Crippen LogP contribution in [0.4, 0.5) is 4.39 Å². The van der Waals surface area contributed by atoms with Crippen molar-refractivity contribution in [1.82, 2.24) is 44.0 Å². The molecule has 0 fully saturated rings. The summed E-state index contributed by atoms with van der Waals surface area (Å²) in [5, 5.41) is 13.6. The molecule has 5 aromatic heterocycles. The fourth-order valence-electron chi connectivity index (χ4n) is 4.73. The average Bonchev–Trinajstić information content (AvgIpc) is 3.73. The second-order valence-corrected chi connectivity index (χ2v) is 11.7. The molecule has 12 nitrogen and oxygen atoms in total. The number of nitrogens with one attached hydrogen (secondary N) is 2. The second-order valence-electron chi connectivity index (χ2n) is 9.95. The molecule has 0 unspecified atom stereocenters. The quantitative estimate of drug-likeness (QED) is 0.277. The van der Waals surface area contributed by atoms with Gasteiger partial charge in [-0.1, -0.05) is 6.07 Å². The first-order chi connectivity index (χ1) is 20.2. The number of halogens is 1. The van der Waals surface area contributed by atoms with E-state index in [4.69, 9.17) is 0 Å². The lowest BCUT2D eigenvalue weighted by Crippen LogP contribution is -2.19. The Bertz CT molecular complexity index is 2080. The van der Waals surface area contributed by atoms with Gasteiger partial charge in [0.05, 0.1) is 24.2 Å². The topological polar surface area (TPSA) is 143 Å². The Hall–Kier alpha value is -4.95. The summed E-state index contributed by atoms with van der Waals surface area (Å²) >= 11 is 0. The molecule has 0 aliphatic carbocycles. The third kappa shape index (κ3) is 4.69. The maximum Gasteiger partial charge on any atom is 0.301 e. The zero-order valence-electron chi connectivity index (χ0n) is 22.9. The molecular formula is C28H26FN9O3S. The van der Waals surface area contributed by atoms with E-state index in [1.165, 1.54) is 36.0 Å². The zero-order valence-corrected chi connectivity index (χ0v) is 23.7. The smallest absolute Gasteiger partial charge is 0.301 e. The van der Waals surface area contributed by atoms with Crippen LogP contribution in [0.3, 0.4) is 0 Å². The largest absolute Gasteiger partial charge is 0.355 e. The lowest BCUT2D eigenvalue weighted by atomic mass is 10.0. The summed E-state index contributed by atoms with van der Waals surface area (Å²) < 4.78 is 44.9. The van der Waals surface area contributed by atoms with Gasteiger partial charge in [0, 0.05) is 49.2 Å². The second kappa shape index (κ2) is 10.5. The van der Waals surface area contributed by atoms with Crippen LogP contribution in [0.5, 0.6) is 0 Å². The van der Waals surface area contributed by atoms with Gasteiger partial charge in [-0.15, -0.1) is 0 Å². The summed E-state index contributed by atoms with van der Waals surface area (Å²) in [6, 6.07) is 9.26. The lowest BCUT2D eigenvalue weighted by Gasteiger charge is -2.10. The molecule has 0 aliphatic heterocycles. The summed E-state index contributed by atoms with van der Waals surface area (Å²) in [5.74, 6) is -1.24. The fourth-order valence-corrected chi connectivity index (χ4v) is 6.07. The van der Waals surface area contributed by atoms with Crippen LogP contribution in [0.25, 0.3) is 38.9 Å². The van der Waals surface area contributed by atoms with Gasteiger partial charge in [-0.3, -0.25) is 19.3 Å². The number of amides is 1. The number of likely N-dealkylation sites (N-methyl/N-ethyl adjacent to an activating group) is 1. The van der Waals surface area contributed by atoms with Crippen molar-refractivity contribution in [3.8, 4) is 22.3 Å². The van der Waals surface area contributed by atoms with Crippen LogP contribution in [0.15, 0.2) is 72.4 Å². The van der Waals surface area contributed by atoms with Crippen molar-refractivity contribution < 1.29 is 17.6 Å². The number of aromatic nitrogens is 7. The molecule has 0 bridgehead atoms. The highest BCUT2D eigenvalue weighted by Gasteiger charge is 2.26. The molecule has 0 saturated carbocycles. The van der Waals surface area contributed by atoms with Gasteiger partial charge >= 0.3 is 10.0 Å². The van der Waals surface area contributed by atoms with Gasteiger partial charge in [0.25, 0.3) is 5.91 Å². The van der Waals surface area contributed by atoms with Gasteiger partial charge in [-0.2, -0.15) is 22.7 Å². The maximum absolute atomic E-state index is 14.7. The van der Waals surface area contributed by atoms with Crippen LogP contribution in [0, 0.1) is 5.82 Å². The molecule has 0 radical (unpaired) electrons. The Morgan fingerprint density at radius 3 is 2.60 bits per heavy atom. The van der Waals surface area contributed by atoms with E-state index in [1.54, 1.807) is 42.9 Å². The van der Waals surface area contributed by atoms with Crippen molar-refractivity contribution in [2.45, 2.75) is 11.4 Å². The minimum atomic E-state index is -4.24. The molecule has 42 heavy (non-hydrogen) atoms. The number of carbonyl (C=O) groups excluding carboxylic acids is 1. The molecular weight excluding hydrogens is 561 g/mol. The maximum atomic E-state index is 14.7. The Labute approximate surface area is 239 Å². The van der Waals surface area contributed by atoms with Gasteiger partial charge in [0.2, 0.25) is 0 Å². The summed E-state index contributed by atoms with van der Waals surface area (Å²) in [4.78, 5) is 22.7. The first kappa shape index (κ1) is 27.2. The molecule has 0 aliphatic rings. The number of fused-ring (bicyclic) bond motifs is 2. The Kier molecular flexibility index (Phi) is 6.79. The van der Waals surface area contributed by atoms with Gasteiger partial charge in [-0.25, -0.2) is 9.37 Å². The Balaban J connectivity index is 1.41. The van der Waals surface area contributed by atoms with Gasteiger partial charge < -0.3 is 10.2 Å². The minimum Gasteiger partial charge on any atom is -0.355 e. The number of H-pyrrole nitrogens is 1. The Morgan fingerprint density at radius 2 is 1.83 bits per heavy atom. The highest BCUT2D eigenvalue weighted by Crippen LogP contribution is 2.28. The molecule has 6 aromatic rings. The summed E-state index contributed by atoms with van der Waals surface area (Å²) in [6.45, 7) is 0.804. The van der Waals surface area contributed by atoms with E-state index in [2.05, 4.69) is 35.5 Å². The highest BCUT2D eigenvalue weighted by atomic mass is 32.2. The van der Waals surface area contributed by atoms with Crippen molar-refractivity contribution in [2.24, 2.45) is 0 Å². The molecule has 1 amide bonds. The van der Waals surface area contributed by atoms with E-state index in [0.29, 0.717) is 33.4 Å². The molecule has 1 aromatic carbocycles. The van der Waals surface area contributed by atoms with Crippen LogP contribution in [-0.2, 0) is 16.4 Å². The average molecular weight is 588 g/mol. The number of aromatic amines is 1. The fraction of sp³-hybridized carbons (Fsp3) is 0.179. The van der Waals surface area contributed by atoms with Crippen molar-refractivity contribution in [3.05, 3.63) is 84.5 Å². The number of benzene rings is 1. The van der Waals surface area contributed by atoms with Crippen LogP contribution in [0.2, 0.25) is 0 Å². The predicted octanol–water partition coefficient (Wildman–Crippen LogP) is 2.98. The van der Waals surface area contributed by atoms with Gasteiger partial charge in [0.1, 0.15) is 22.5 Å². The molecule has 14 heteroatoms. The predicted molar refractivity (Wildman–Crippen MR) is 154 cm³/mol. The molecule has 2 N–H and O–H groups in total. The van der Waals surface area contributed by atoms with Crippen molar-refractivity contribution in [3.63, 3.8) is 0 Å². The lowest BCUT2D eigenvalue weighted by molar-refractivity contribution is 0.0959. The molecule has 6 rings (SSSR count). The zero-order chi connectivity index (χ0) is 29.6. The molecule has 214 valence electrons. The number of imidazole rings is 1. The van der Waals surface area contributed by atoms with Crippen LogP contribution in [0.1, 0.15) is 16.1 Å². The SMILES string of the molecule is CNC(=O)c1ccc(-c2ccc3ncc(S(=O)(=O)n4ncc5ncc(-c6cn[nH]c6CCN(C)C)cc54)n3c2)cc1F. The number of rotatable bonds is 8. The first-order valence-electron chi connectivity index (χ1n) is 12.9. The van der Waals surface area contributed by atoms with E-state index in [1.807, 2.05) is 14.1 Å². The monoisotopic (exact) mass is 587 g/mol. The number of carbonyl (C=O) groups is 1. The molecule has 5 heterocycles. The molecule has 0 spiro atoms. The number of hydrogen-bond acceptors (Lipinski definition) is 8. The third-order valence-electron chi connectivity index (χ3n) is 6.96. The number of pyridine rings is 2. The first-order valence-corrected chi connectivity index (χ1v) is 14.4. The summed E-state index contributed by atoms with van der Waals surface area (Å²) in [6.07, 6.45) is 8.29.